The molecular formula is C20H18F3N3O2S. The van der Waals surface area contributed by atoms with Crippen molar-refractivity contribution in [2.45, 2.75) is 36.6 Å². The van der Waals surface area contributed by atoms with Crippen LogP contribution in [0.2, 0.25) is 0 Å². The molecule has 0 saturated carbocycles. The van der Waals surface area contributed by atoms with Gasteiger partial charge in [-0.05, 0) is 54.3 Å². The lowest BCUT2D eigenvalue weighted by atomic mass is 10.0. The van der Waals surface area contributed by atoms with E-state index in [0.717, 1.165) is 16.5 Å². The Morgan fingerprint density at radius 3 is 2.52 bits per heavy atom. The average molecular weight is 421 g/mol. The maximum atomic E-state index is 13.4. The number of carboxylic acids is 1. The second-order valence-electron chi connectivity index (χ2n) is 6.62. The van der Waals surface area contributed by atoms with Gasteiger partial charge in [0, 0.05) is 4.90 Å². The standard InChI is InChI=1S/C20H18F3N3O2S/c1-11-3-4-14(8-16(11)20(21,22)23)19(17-10-24-26-25-17)29-15-6-5-13(9-18(27)28)12(2)7-15/h3-8,10,19H,9H2,1-2H3,(H,27,28)(H,24,25,26). The van der Waals surface area contributed by atoms with Crippen molar-refractivity contribution in [3.63, 3.8) is 0 Å². The number of aryl methyl sites for hydroxylation is 2. The van der Waals surface area contributed by atoms with Crippen LogP contribution in [0, 0.1) is 13.8 Å². The molecule has 3 rings (SSSR count). The zero-order valence-corrected chi connectivity index (χ0v) is 16.4. The van der Waals surface area contributed by atoms with Gasteiger partial charge in [-0.2, -0.15) is 28.6 Å². The number of rotatable bonds is 6. The van der Waals surface area contributed by atoms with Gasteiger partial charge in [0.2, 0.25) is 0 Å². The summed E-state index contributed by atoms with van der Waals surface area (Å²) in [6, 6.07) is 9.57. The minimum absolute atomic E-state index is 0.0869. The van der Waals surface area contributed by atoms with Gasteiger partial charge >= 0.3 is 12.1 Å². The molecule has 1 atom stereocenters. The van der Waals surface area contributed by atoms with Crippen molar-refractivity contribution < 1.29 is 23.1 Å². The summed E-state index contributed by atoms with van der Waals surface area (Å²) >= 11 is 1.33. The lowest BCUT2D eigenvalue weighted by Crippen LogP contribution is -2.09. The van der Waals surface area contributed by atoms with Crippen LogP contribution in [0.1, 0.15) is 38.8 Å². The number of carboxylic acid groups (broad SMARTS) is 1. The molecule has 1 unspecified atom stereocenters. The highest BCUT2D eigenvalue weighted by Gasteiger charge is 2.33. The van der Waals surface area contributed by atoms with Crippen molar-refractivity contribution in [2.24, 2.45) is 0 Å². The van der Waals surface area contributed by atoms with E-state index in [1.807, 2.05) is 6.07 Å². The Kier molecular flexibility index (Phi) is 5.97. The highest BCUT2D eigenvalue weighted by molar-refractivity contribution is 7.99. The topological polar surface area (TPSA) is 78.9 Å². The summed E-state index contributed by atoms with van der Waals surface area (Å²) in [5, 5.41) is 18.8. The first-order chi connectivity index (χ1) is 13.6. The van der Waals surface area contributed by atoms with Crippen LogP contribution in [0.25, 0.3) is 0 Å². The second-order valence-corrected chi connectivity index (χ2v) is 7.80. The fourth-order valence-electron chi connectivity index (χ4n) is 2.98. The Balaban J connectivity index is 1.98. The number of aromatic amines is 1. The first-order valence-electron chi connectivity index (χ1n) is 8.66. The number of hydrogen-bond donors (Lipinski definition) is 2. The number of nitrogens with zero attached hydrogens (tertiary/aromatic N) is 2. The van der Waals surface area contributed by atoms with Gasteiger partial charge in [0.25, 0.3) is 0 Å². The molecule has 3 aromatic rings. The molecule has 29 heavy (non-hydrogen) atoms. The molecule has 5 nitrogen and oxygen atoms in total. The number of nitrogens with one attached hydrogen (secondary N) is 1. The first-order valence-corrected chi connectivity index (χ1v) is 9.54. The van der Waals surface area contributed by atoms with Crippen LogP contribution in [-0.2, 0) is 17.4 Å². The third kappa shape index (κ3) is 4.97. The average Bonchev–Trinajstić information content (AvgIpc) is 3.15. The minimum atomic E-state index is -4.45. The fraction of sp³-hybridized carbons (Fsp3) is 0.250. The molecular weight excluding hydrogens is 403 g/mol. The molecule has 0 fully saturated rings. The van der Waals surface area contributed by atoms with Gasteiger partial charge < -0.3 is 5.11 Å². The minimum Gasteiger partial charge on any atom is -0.481 e. The number of halogens is 3. The Morgan fingerprint density at radius 1 is 1.17 bits per heavy atom. The fourth-order valence-corrected chi connectivity index (χ4v) is 4.16. The third-order valence-electron chi connectivity index (χ3n) is 4.48. The molecule has 0 spiro atoms. The van der Waals surface area contributed by atoms with Gasteiger partial charge in [-0.1, -0.05) is 18.2 Å². The number of thioether (sulfide) groups is 1. The van der Waals surface area contributed by atoms with Crippen molar-refractivity contribution in [1.29, 1.82) is 0 Å². The summed E-state index contributed by atoms with van der Waals surface area (Å²) in [7, 11) is 0. The quantitative estimate of drug-likeness (QED) is 0.551. The largest absolute Gasteiger partial charge is 0.481 e. The van der Waals surface area contributed by atoms with Gasteiger partial charge in [0.1, 0.15) is 5.69 Å². The molecule has 0 aliphatic rings. The molecule has 0 aliphatic carbocycles. The molecule has 2 N–H and O–H groups in total. The summed E-state index contributed by atoms with van der Waals surface area (Å²) < 4.78 is 40.1. The van der Waals surface area contributed by atoms with Gasteiger partial charge in [0.05, 0.1) is 23.4 Å². The lowest BCUT2D eigenvalue weighted by molar-refractivity contribution is -0.138. The highest BCUT2D eigenvalue weighted by Crippen LogP contribution is 2.42. The number of hydrogen-bond acceptors (Lipinski definition) is 4. The van der Waals surface area contributed by atoms with E-state index in [-0.39, 0.29) is 12.0 Å². The van der Waals surface area contributed by atoms with Gasteiger partial charge in [-0.25, -0.2) is 0 Å². The van der Waals surface area contributed by atoms with Crippen molar-refractivity contribution in [1.82, 2.24) is 15.4 Å². The molecule has 1 heterocycles. The predicted molar refractivity (Wildman–Crippen MR) is 103 cm³/mol. The molecule has 1 aromatic heterocycles. The normalized spacial score (nSPS) is 12.7. The summed E-state index contributed by atoms with van der Waals surface area (Å²) in [5.74, 6) is -0.923. The molecule has 152 valence electrons. The highest BCUT2D eigenvalue weighted by atomic mass is 32.2. The SMILES string of the molecule is Cc1cc(SC(c2ccc(C)c(C(F)(F)F)c2)c2cn[nH]n2)ccc1CC(=O)O. The van der Waals surface area contributed by atoms with Crippen molar-refractivity contribution in [3.05, 3.63) is 76.1 Å². The molecule has 0 radical (unpaired) electrons. The van der Waals surface area contributed by atoms with E-state index in [4.69, 9.17) is 5.11 Å². The van der Waals surface area contributed by atoms with Crippen LogP contribution in [0.15, 0.2) is 47.5 Å². The summed E-state index contributed by atoms with van der Waals surface area (Å²) in [6.07, 6.45) is -3.05. The first kappa shape index (κ1) is 20.9. The maximum absolute atomic E-state index is 13.4. The van der Waals surface area contributed by atoms with E-state index in [2.05, 4.69) is 15.4 Å². The molecule has 0 bridgehead atoms. The number of alkyl halides is 3. The van der Waals surface area contributed by atoms with E-state index < -0.39 is 23.0 Å². The Hall–Kier alpha value is -2.81. The van der Waals surface area contributed by atoms with E-state index in [0.29, 0.717) is 16.8 Å². The molecule has 9 heteroatoms. The van der Waals surface area contributed by atoms with Gasteiger partial charge in [-0.15, -0.1) is 11.8 Å². The van der Waals surface area contributed by atoms with E-state index >= 15 is 0 Å². The Bertz CT molecular complexity index is 1020. The zero-order chi connectivity index (χ0) is 21.2. The molecule has 0 amide bonds. The van der Waals surface area contributed by atoms with E-state index in [1.54, 1.807) is 25.1 Å². The zero-order valence-electron chi connectivity index (χ0n) is 15.6. The Morgan fingerprint density at radius 2 is 1.93 bits per heavy atom. The smallest absolute Gasteiger partial charge is 0.416 e. The van der Waals surface area contributed by atoms with Gasteiger partial charge in [-0.3, -0.25) is 4.79 Å². The number of aromatic nitrogens is 3. The molecule has 2 aromatic carbocycles. The van der Waals surface area contributed by atoms with Crippen molar-refractivity contribution in [3.8, 4) is 0 Å². The van der Waals surface area contributed by atoms with Crippen LogP contribution in [-0.4, -0.2) is 26.5 Å². The van der Waals surface area contributed by atoms with Crippen LogP contribution < -0.4 is 0 Å². The second kappa shape index (κ2) is 8.28. The number of H-pyrrole nitrogens is 1. The summed E-state index contributed by atoms with van der Waals surface area (Å²) in [4.78, 5) is 11.7. The van der Waals surface area contributed by atoms with Crippen LogP contribution >= 0.6 is 11.8 Å². The number of aliphatic carboxylic acids is 1. The predicted octanol–water partition coefficient (Wildman–Crippen LogP) is 4.95. The monoisotopic (exact) mass is 421 g/mol. The van der Waals surface area contributed by atoms with Crippen molar-refractivity contribution in [2.75, 3.05) is 0 Å². The lowest BCUT2D eigenvalue weighted by Gasteiger charge is -2.18. The molecule has 0 aliphatic heterocycles. The van der Waals surface area contributed by atoms with Crippen LogP contribution in [0.3, 0.4) is 0 Å². The number of carbonyl (C=O) groups is 1. The van der Waals surface area contributed by atoms with Crippen LogP contribution in [0.5, 0.6) is 0 Å². The Labute approximate surface area is 169 Å². The number of benzene rings is 2. The van der Waals surface area contributed by atoms with Crippen molar-refractivity contribution >= 4 is 17.7 Å². The third-order valence-corrected chi connectivity index (χ3v) is 5.76. The molecule has 0 saturated heterocycles. The summed E-state index contributed by atoms with van der Waals surface area (Å²) in [6.45, 7) is 3.23. The maximum Gasteiger partial charge on any atom is 0.416 e. The van der Waals surface area contributed by atoms with E-state index in [1.165, 1.54) is 30.9 Å². The van der Waals surface area contributed by atoms with Crippen LogP contribution in [0.4, 0.5) is 13.2 Å². The van der Waals surface area contributed by atoms with E-state index in [9.17, 15) is 18.0 Å². The van der Waals surface area contributed by atoms with Gasteiger partial charge in [0.15, 0.2) is 0 Å². The summed E-state index contributed by atoms with van der Waals surface area (Å²) in [5.41, 5.74) is 1.91.